The number of aromatic nitrogens is 1. The number of rotatable bonds is 3. The molecule has 1 heterocycles. The number of benzene rings is 1. The normalized spacial score (nSPS) is 10.4. The highest BCUT2D eigenvalue weighted by atomic mass is 32.1. The van der Waals surface area contributed by atoms with Crippen LogP contribution in [-0.4, -0.2) is 17.9 Å². The Balaban J connectivity index is 2.28. The van der Waals surface area contributed by atoms with Gasteiger partial charge in [0, 0.05) is 23.2 Å². The Bertz CT molecular complexity index is 552. The van der Waals surface area contributed by atoms with E-state index in [0.717, 1.165) is 22.1 Å². The molecular formula is C13H16N4S. The molecule has 18 heavy (non-hydrogen) atoms. The van der Waals surface area contributed by atoms with Gasteiger partial charge in [-0.25, -0.2) is 4.98 Å². The van der Waals surface area contributed by atoms with Gasteiger partial charge in [-0.05, 0) is 38.1 Å². The Kier molecular flexibility index (Phi) is 3.34. The van der Waals surface area contributed by atoms with Gasteiger partial charge < -0.3 is 10.6 Å². The van der Waals surface area contributed by atoms with E-state index in [0.29, 0.717) is 0 Å². The molecule has 0 unspecified atom stereocenters. The Morgan fingerprint density at radius 2 is 1.89 bits per heavy atom. The third-order valence-electron chi connectivity index (χ3n) is 2.87. The number of amidine groups is 1. The Morgan fingerprint density at radius 1 is 1.28 bits per heavy atom. The van der Waals surface area contributed by atoms with Crippen LogP contribution in [0.1, 0.15) is 16.1 Å². The van der Waals surface area contributed by atoms with Crippen LogP contribution in [-0.2, 0) is 0 Å². The van der Waals surface area contributed by atoms with Gasteiger partial charge in [0.25, 0.3) is 0 Å². The summed E-state index contributed by atoms with van der Waals surface area (Å²) in [6.07, 6.45) is 0. The van der Waals surface area contributed by atoms with Crippen LogP contribution in [0.15, 0.2) is 24.3 Å². The van der Waals surface area contributed by atoms with Gasteiger partial charge in [0.2, 0.25) is 0 Å². The summed E-state index contributed by atoms with van der Waals surface area (Å²) in [7, 11) is 1.99. The number of hydrogen-bond acceptors (Lipinski definition) is 4. The predicted octanol–water partition coefficient (Wildman–Crippen LogP) is 2.81. The zero-order chi connectivity index (χ0) is 13.3. The molecule has 1 aromatic carbocycles. The lowest BCUT2D eigenvalue weighted by atomic mass is 10.2. The van der Waals surface area contributed by atoms with E-state index in [9.17, 15) is 0 Å². The van der Waals surface area contributed by atoms with Gasteiger partial charge in [-0.3, -0.25) is 5.41 Å². The lowest BCUT2D eigenvalue weighted by molar-refractivity contribution is 1.13. The van der Waals surface area contributed by atoms with Crippen molar-refractivity contribution in [1.29, 1.82) is 5.41 Å². The third kappa shape index (κ3) is 2.36. The van der Waals surface area contributed by atoms with E-state index in [1.807, 2.05) is 43.1 Å². The van der Waals surface area contributed by atoms with E-state index in [1.54, 1.807) is 11.3 Å². The molecule has 0 aliphatic heterocycles. The summed E-state index contributed by atoms with van der Waals surface area (Å²) in [6.45, 7) is 4.09. The van der Waals surface area contributed by atoms with Crippen LogP contribution in [0.2, 0.25) is 0 Å². The van der Waals surface area contributed by atoms with Crippen LogP contribution in [0.25, 0.3) is 0 Å². The quantitative estimate of drug-likeness (QED) is 0.658. The van der Waals surface area contributed by atoms with Crippen molar-refractivity contribution in [1.82, 2.24) is 4.98 Å². The van der Waals surface area contributed by atoms with Crippen LogP contribution >= 0.6 is 11.3 Å². The van der Waals surface area contributed by atoms with Gasteiger partial charge in [-0.15, -0.1) is 11.3 Å². The molecule has 2 rings (SSSR count). The van der Waals surface area contributed by atoms with Crippen LogP contribution in [0.5, 0.6) is 0 Å². The van der Waals surface area contributed by atoms with Gasteiger partial charge in [-0.1, -0.05) is 0 Å². The van der Waals surface area contributed by atoms with Crippen molar-refractivity contribution >= 4 is 28.0 Å². The highest BCUT2D eigenvalue weighted by molar-refractivity contribution is 7.15. The van der Waals surface area contributed by atoms with Crippen LogP contribution in [0, 0.1) is 19.3 Å². The summed E-state index contributed by atoms with van der Waals surface area (Å²) in [4.78, 5) is 7.79. The fourth-order valence-electron chi connectivity index (χ4n) is 1.57. The van der Waals surface area contributed by atoms with Crippen molar-refractivity contribution in [2.75, 3.05) is 11.9 Å². The number of nitrogen functional groups attached to an aromatic ring is 1. The summed E-state index contributed by atoms with van der Waals surface area (Å²) >= 11 is 1.68. The maximum absolute atomic E-state index is 7.36. The molecule has 0 aliphatic rings. The Labute approximate surface area is 111 Å². The fraction of sp³-hybridized carbons (Fsp3) is 0.231. The smallest absolute Gasteiger partial charge is 0.190 e. The molecule has 5 heteroatoms. The van der Waals surface area contributed by atoms with E-state index in [2.05, 4.69) is 11.9 Å². The summed E-state index contributed by atoms with van der Waals surface area (Å²) in [5, 5.41) is 8.34. The number of hydrogen-bond donors (Lipinski definition) is 2. The molecule has 2 aromatic rings. The van der Waals surface area contributed by atoms with Crippen molar-refractivity contribution < 1.29 is 0 Å². The molecule has 1 aromatic heterocycles. The minimum Gasteiger partial charge on any atom is -0.384 e. The molecule has 94 valence electrons. The van der Waals surface area contributed by atoms with Crippen molar-refractivity contribution in [2.45, 2.75) is 13.8 Å². The highest BCUT2D eigenvalue weighted by Crippen LogP contribution is 2.29. The average molecular weight is 260 g/mol. The first kappa shape index (κ1) is 12.6. The molecular weight excluding hydrogens is 244 g/mol. The minimum atomic E-state index is 0.0881. The van der Waals surface area contributed by atoms with Gasteiger partial charge in [0.15, 0.2) is 5.13 Å². The van der Waals surface area contributed by atoms with E-state index in [4.69, 9.17) is 11.1 Å². The van der Waals surface area contributed by atoms with Gasteiger partial charge in [-0.2, -0.15) is 0 Å². The maximum atomic E-state index is 7.36. The van der Waals surface area contributed by atoms with Crippen LogP contribution in [0.4, 0.5) is 10.8 Å². The van der Waals surface area contributed by atoms with E-state index in [1.165, 1.54) is 4.88 Å². The number of nitrogens with two attached hydrogens (primary N) is 1. The van der Waals surface area contributed by atoms with Crippen LogP contribution in [0.3, 0.4) is 0 Å². The first-order chi connectivity index (χ1) is 8.49. The van der Waals surface area contributed by atoms with Crippen LogP contribution < -0.4 is 10.6 Å². The molecule has 3 N–H and O–H groups in total. The molecule has 0 atom stereocenters. The molecule has 4 nitrogen and oxygen atoms in total. The largest absolute Gasteiger partial charge is 0.384 e. The molecule has 0 saturated heterocycles. The van der Waals surface area contributed by atoms with Crippen molar-refractivity contribution in [3.8, 4) is 0 Å². The number of nitrogens with zero attached hydrogens (tertiary/aromatic N) is 2. The molecule has 0 amide bonds. The summed E-state index contributed by atoms with van der Waals surface area (Å²) in [5.41, 5.74) is 8.28. The highest BCUT2D eigenvalue weighted by Gasteiger charge is 2.10. The lowest BCUT2D eigenvalue weighted by Gasteiger charge is -2.16. The van der Waals surface area contributed by atoms with Gasteiger partial charge >= 0.3 is 0 Å². The summed E-state index contributed by atoms with van der Waals surface area (Å²) in [5.74, 6) is 0.0881. The molecule has 0 bridgehead atoms. The molecule has 0 saturated carbocycles. The third-order valence-corrected chi connectivity index (χ3v) is 4.02. The number of aryl methyl sites for hydroxylation is 2. The lowest BCUT2D eigenvalue weighted by Crippen LogP contribution is -2.12. The fourth-order valence-corrected chi connectivity index (χ4v) is 2.47. The topological polar surface area (TPSA) is 66.0 Å². The predicted molar refractivity (Wildman–Crippen MR) is 77.1 cm³/mol. The van der Waals surface area contributed by atoms with Gasteiger partial charge in [0.1, 0.15) is 5.84 Å². The first-order valence-electron chi connectivity index (χ1n) is 5.61. The first-order valence-corrected chi connectivity index (χ1v) is 6.43. The summed E-state index contributed by atoms with van der Waals surface area (Å²) in [6, 6.07) is 7.59. The SMILES string of the molecule is Cc1nc(N(C)c2ccc(C(=N)N)cc2)sc1C. The summed E-state index contributed by atoms with van der Waals surface area (Å²) < 4.78 is 0. The average Bonchev–Trinajstić information content (AvgIpc) is 2.69. The second-order valence-corrected chi connectivity index (χ2v) is 5.34. The molecule has 0 spiro atoms. The minimum absolute atomic E-state index is 0.0881. The van der Waals surface area contributed by atoms with Crippen molar-refractivity contribution in [3.63, 3.8) is 0 Å². The van der Waals surface area contributed by atoms with E-state index < -0.39 is 0 Å². The van der Waals surface area contributed by atoms with Crippen molar-refractivity contribution in [3.05, 3.63) is 40.4 Å². The van der Waals surface area contributed by atoms with Gasteiger partial charge in [0.05, 0.1) is 5.69 Å². The second kappa shape index (κ2) is 4.78. The zero-order valence-corrected chi connectivity index (χ0v) is 11.5. The number of thiazole rings is 1. The second-order valence-electron chi connectivity index (χ2n) is 4.16. The molecule has 0 fully saturated rings. The Hall–Kier alpha value is -1.88. The maximum Gasteiger partial charge on any atom is 0.190 e. The molecule has 0 radical (unpaired) electrons. The zero-order valence-electron chi connectivity index (χ0n) is 10.7. The Morgan fingerprint density at radius 3 is 2.33 bits per heavy atom. The standard InChI is InChI=1S/C13H16N4S/c1-8-9(2)18-13(16-8)17(3)11-6-4-10(5-7-11)12(14)15/h4-7H,1-3H3,(H3,14,15). The molecule has 0 aliphatic carbocycles. The van der Waals surface area contributed by atoms with E-state index in [-0.39, 0.29) is 5.84 Å². The number of nitrogens with one attached hydrogen (secondary N) is 1. The van der Waals surface area contributed by atoms with Crippen molar-refractivity contribution in [2.24, 2.45) is 5.73 Å². The number of anilines is 2. The monoisotopic (exact) mass is 260 g/mol. The van der Waals surface area contributed by atoms with E-state index >= 15 is 0 Å².